The quantitative estimate of drug-likeness (QED) is 0.740. The zero-order chi connectivity index (χ0) is 21.0. The SMILES string of the molecule is CN(C1CC[NH+](C)CC1)S(=O)(=O)c1ccc(NC(=O)Cc2ccccc2F)cc1. The van der Waals surface area contributed by atoms with E-state index in [4.69, 9.17) is 0 Å². The molecule has 2 aromatic carbocycles. The van der Waals surface area contributed by atoms with Gasteiger partial charge < -0.3 is 10.2 Å². The van der Waals surface area contributed by atoms with Gasteiger partial charge in [0, 0.05) is 31.6 Å². The number of carbonyl (C=O) groups excluding carboxylic acids is 1. The van der Waals surface area contributed by atoms with E-state index >= 15 is 0 Å². The Balaban J connectivity index is 1.64. The lowest BCUT2D eigenvalue weighted by molar-refractivity contribution is -0.885. The number of halogens is 1. The van der Waals surface area contributed by atoms with E-state index in [-0.39, 0.29) is 23.3 Å². The molecule has 0 aromatic heterocycles. The van der Waals surface area contributed by atoms with Gasteiger partial charge in [0.05, 0.1) is 31.5 Å². The van der Waals surface area contributed by atoms with Crippen LogP contribution in [-0.4, -0.2) is 51.9 Å². The van der Waals surface area contributed by atoms with Crippen LogP contribution in [0.5, 0.6) is 0 Å². The van der Waals surface area contributed by atoms with Crippen LogP contribution in [0.2, 0.25) is 0 Å². The number of amides is 1. The third-order valence-corrected chi connectivity index (χ3v) is 7.37. The van der Waals surface area contributed by atoms with E-state index in [1.165, 1.54) is 27.4 Å². The molecule has 1 aliphatic heterocycles. The second-order valence-corrected chi connectivity index (χ2v) is 9.55. The van der Waals surface area contributed by atoms with Crippen molar-refractivity contribution < 1.29 is 22.5 Å². The maximum absolute atomic E-state index is 13.7. The van der Waals surface area contributed by atoms with Gasteiger partial charge in [0.15, 0.2) is 0 Å². The molecule has 156 valence electrons. The number of quaternary nitrogens is 1. The summed E-state index contributed by atoms with van der Waals surface area (Å²) in [6, 6.07) is 12.2. The average molecular weight is 421 g/mol. The summed E-state index contributed by atoms with van der Waals surface area (Å²) in [5.41, 5.74) is 0.779. The first-order valence-electron chi connectivity index (χ1n) is 9.70. The minimum absolute atomic E-state index is 0.00356. The smallest absolute Gasteiger partial charge is 0.243 e. The van der Waals surface area contributed by atoms with Crippen LogP contribution >= 0.6 is 0 Å². The first-order valence-corrected chi connectivity index (χ1v) is 11.1. The molecule has 0 unspecified atom stereocenters. The number of anilines is 1. The lowest BCUT2D eigenvalue weighted by atomic mass is 10.1. The van der Waals surface area contributed by atoms with E-state index in [2.05, 4.69) is 12.4 Å². The van der Waals surface area contributed by atoms with Crippen molar-refractivity contribution in [3.63, 3.8) is 0 Å². The summed E-state index contributed by atoms with van der Waals surface area (Å²) in [5, 5.41) is 2.68. The Morgan fingerprint density at radius 1 is 1.14 bits per heavy atom. The van der Waals surface area contributed by atoms with E-state index in [1.807, 2.05) is 0 Å². The number of nitrogens with one attached hydrogen (secondary N) is 2. The van der Waals surface area contributed by atoms with Gasteiger partial charge in [0.1, 0.15) is 5.82 Å². The number of rotatable bonds is 6. The van der Waals surface area contributed by atoms with Gasteiger partial charge in [-0.15, -0.1) is 0 Å². The molecule has 1 amide bonds. The standard InChI is InChI=1S/C21H26FN3O3S/c1-24-13-11-18(12-14-24)25(2)29(27,28)19-9-7-17(8-10-19)23-21(26)15-16-5-3-4-6-20(16)22/h3-10,18H,11-15H2,1-2H3,(H,23,26)/p+1. The Kier molecular flexibility index (Phi) is 6.66. The zero-order valence-electron chi connectivity index (χ0n) is 16.7. The summed E-state index contributed by atoms with van der Waals surface area (Å²) in [6.45, 7) is 1.91. The number of benzene rings is 2. The molecule has 1 saturated heterocycles. The van der Waals surface area contributed by atoms with Crippen LogP contribution in [0.15, 0.2) is 53.4 Å². The van der Waals surface area contributed by atoms with Crippen molar-refractivity contribution in [2.24, 2.45) is 0 Å². The van der Waals surface area contributed by atoms with Gasteiger partial charge in [-0.3, -0.25) is 4.79 Å². The molecule has 0 saturated carbocycles. The van der Waals surface area contributed by atoms with E-state index in [0.717, 1.165) is 25.9 Å². The first kappa shape index (κ1) is 21.4. The third kappa shape index (κ3) is 5.20. The lowest BCUT2D eigenvalue weighted by Gasteiger charge is -2.32. The first-order chi connectivity index (χ1) is 13.8. The maximum atomic E-state index is 13.7. The fourth-order valence-corrected chi connectivity index (χ4v) is 4.97. The average Bonchev–Trinajstić information content (AvgIpc) is 2.70. The summed E-state index contributed by atoms with van der Waals surface area (Å²) in [7, 11) is 0.151. The molecule has 0 radical (unpaired) electrons. The topological polar surface area (TPSA) is 70.9 Å². The molecular formula is C21H27FN3O3S+. The highest BCUT2D eigenvalue weighted by atomic mass is 32.2. The summed E-state index contributed by atoms with van der Waals surface area (Å²) >= 11 is 0. The van der Waals surface area contributed by atoms with Crippen LogP contribution in [0.3, 0.4) is 0 Å². The largest absolute Gasteiger partial charge is 0.337 e. The highest BCUT2D eigenvalue weighted by Gasteiger charge is 2.31. The molecule has 2 aromatic rings. The van der Waals surface area contributed by atoms with Crippen LogP contribution in [-0.2, 0) is 21.2 Å². The number of piperidine rings is 1. The number of nitrogens with zero attached hydrogens (tertiary/aromatic N) is 1. The molecule has 1 aliphatic rings. The van der Waals surface area contributed by atoms with Crippen molar-refractivity contribution >= 4 is 21.6 Å². The molecular weight excluding hydrogens is 393 g/mol. The highest BCUT2D eigenvalue weighted by molar-refractivity contribution is 7.89. The van der Waals surface area contributed by atoms with Crippen LogP contribution in [0.1, 0.15) is 18.4 Å². The van der Waals surface area contributed by atoms with Crippen LogP contribution in [0, 0.1) is 5.82 Å². The monoisotopic (exact) mass is 420 g/mol. The zero-order valence-corrected chi connectivity index (χ0v) is 17.5. The Labute approximate surface area is 171 Å². The van der Waals surface area contributed by atoms with E-state index < -0.39 is 15.8 Å². The van der Waals surface area contributed by atoms with Crippen molar-refractivity contribution in [2.75, 3.05) is 32.5 Å². The fraction of sp³-hybridized carbons (Fsp3) is 0.381. The van der Waals surface area contributed by atoms with Crippen molar-refractivity contribution in [1.29, 1.82) is 0 Å². The maximum Gasteiger partial charge on any atom is 0.243 e. The Morgan fingerprint density at radius 3 is 2.38 bits per heavy atom. The van der Waals surface area contributed by atoms with Gasteiger partial charge >= 0.3 is 0 Å². The molecule has 1 fully saturated rings. The molecule has 0 bridgehead atoms. The molecule has 0 atom stereocenters. The number of sulfonamides is 1. The van der Waals surface area contributed by atoms with Gasteiger partial charge in [-0.2, -0.15) is 4.31 Å². The molecule has 29 heavy (non-hydrogen) atoms. The van der Waals surface area contributed by atoms with Gasteiger partial charge in [-0.25, -0.2) is 12.8 Å². The molecule has 0 spiro atoms. The Hall–Kier alpha value is -2.29. The minimum Gasteiger partial charge on any atom is -0.337 e. The predicted octanol–water partition coefficient (Wildman–Crippen LogP) is 1.30. The van der Waals surface area contributed by atoms with Crippen molar-refractivity contribution in [3.8, 4) is 0 Å². The normalized spacial score (nSPS) is 19.9. The second kappa shape index (κ2) is 9.02. The van der Waals surface area contributed by atoms with Gasteiger partial charge in [0.2, 0.25) is 15.9 Å². The highest BCUT2D eigenvalue weighted by Crippen LogP contribution is 2.22. The van der Waals surface area contributed by atoms with Crippen LogP contribution < -0.4 is 10.2 Å². The summed E-state index contributed by atoms with van der Waals surface area (Å²) < 4.78 is 41.0. The molecule has 1 heterocycles. The number of hydrogen-bond donors (Lipinski definition) is 2. The molecule has 0 aliphatic carbocycles. The summed E-state index contributed by atoms with van der Waals surface area (Å²) in [5.74, 6) is -0.792. The second-order valence-electron chi connectivity index (χ2n) is 7.55. The van der Waals surface area contributed by atoms with E-state index in [1.54, 1.807) is 37.4 Å². The van der Waals surface area contributed by atoms with Gasteiger partial charge in [0.25, 0.3) is 0 Å². The number of carbonyl (C=O) groups is 1. The summed E-state index contributed by atoms with van der Waals surface area (Å²) in [6.07, 6.45) is 1.59. The van der Waals surface area contributed by atoms with E-state index in [0.29, 0.717) is 11.3 Å². The fourth-order valence-electron chi connectivity index (χ4n) is 3.55. The molecule has 8 heteroatoms. The van der Waals surface area contributed by atoms with Crippen LogP contribution in [0.4, 0.5) is 10.1 Å². The number of hydrogen-bond acceptors (Lipinski definition) is 3. The van der Waals surface area contributed by atoms with Crippen molar-refractivity contribution in [2.45, 2.75) is 30.2 Å². The molecule has 6 nitrogen and oxygen atoms in total. The van der Waals surface area contributed by atoms with Gasteiger partial charge in [-0.1, -0.05) is 18.2 Å². The predicted molar refractivity (Wildman–Crippen MR) is 110 cm³/mol. The Morgan fingerprint density at radius 2 is 1.76 bits per heavy atom. The lowest BCUT2D eigenvalue weighted by Crippen LogP contribution is -3.10. The van der Waals surface area contributed by atoms with Crippen molar-refractivity contribution in [1.82, 2.24) is 4.31 Å². The van der Waals surface area contributed by atoms with Crippen LogP contribution in [0.25, 0.3) is 0 Å². The molecule has 3 rings (SSSR count). The minimum atomic E-state index is -3.59. The Bertz CT molecular complexity index is 955. The third-order valence-electron chi connectivity index (χ3n) is 5.45. The molecule has 2 N–H and O–H groups in total. The van der Waals surface area contributed by atoms with E-state index in [9.17, 15) is 17.6 Å². The van der Waals surface area contributed by atoms with Gasteiger partial charge in [-0.05, 0) is 35.9 Å². The number of likely N-dealkylation sites (tertiary alicyclic amines) is 1. The van der Waals surface area contributed by atoms with Crippen molar-refractivity contribution in [3.05, 3.63) is 59.9 Å². The summed E-state index contributed by atoms with van der Waals surface area (Å²) in [4.78, 5) is 13.8.